The number of nitrogens with zero attached hydrogens (tertiary/aromatic N) is 1. The Balaban J connectivity index is 1.65. The Morgan fingerprint density at radius 3 is 3.00 bits per heavy atom. The van der Waals surface area contributed by atoms with Crippen molar-refractivity contribution in [2.45, 2.75) is 43.2 Å². The largest absolute Gasteiger partial charge is 0.497 e. The molecule has 4 bridgehead atoms. The molecule has 6 nitrogen and oxygen atoms in total. The first-order valence-electron chi connectivity index (χ1n) is 9.73. The average molecular weight is 368 g/mol. The Morgan fingerprint density at radius 2 is 2.26 bits per heavy atom. The molecule has 5 aliphatic rings. The van der Waals surface area contributed by atoms with Gasteiger partial charge in [0.15, 0.2) is 5.72 Å². The van der Waals surface area contributed by atoms with Gasteiger partial charge in [-0.3, -0.25) is 9.69 Å². The van der Waals surface area contributed by atoms with Gasteiger partial charge in [-0.1, -0.05) is 11.6 Å². The minimum Gasteiger partial charge on any atom is -0.497 e. The molecule has 6 atom stereocenters. The van der Waals surface area contributed by atoms with Gasteiger partial charge < -0.3 is 19.5 Å². The molecular formula is C21H24N2O4. The maximum Gasteiger partial charge on any atom is 0.310 e. The molecule has 27 heavy (non-hydrogen) atoms. The van der Waals surface area contributed by atoms with Crippen LogP contribution in [0.5, 0.6) is 5.75 Å². The standard InChI is InChI=1S/C21H24N2O4/c1-4-11-10-23-16-8-13(11)18(19(24)26-3)20-9-17(23)27-21(16,20)22-15-6-5-12(25-2)7-14(15)20/h4-7,13,16-18,22H,8-10H2,1-3H3/b11-4-/t13-,16?,17-,18-,20-,21-/m0/s1. The number of esters is 1. The first-order chi connectivity index (χ1) is 13.1. The van der Waals surface area contributed by atoms with Crippen molar-refractivity contribution in [2.24, 2.45) is 11.8 Å². The number of hydrogen-bond acceptors (Lipinski definition) is 6. The van der Waals surface area contributed by atoms with Crippen LogP contribution in [0.25, 0.3) is 0 Å². The molecule has 6 rings (SSSR count). The van der Waals surface area contributed by atoms with Gasteiger partial charge in [-0.05, 0) is 43.0 Å². The van der Waals surface area contributed by atoms with Gasteiger partial charge in [-0.25, -0.2) is 0 Å². The van der Waals surface area contributed by atoms with Crippen molar-refractivity contribution in [3.05, 3.63) is 35.4 Å². The fourth-order valence-corrected chi connectivity index (χ4v) is 6.90. The highest BCUT2D eigenvalue weighted by Gasteiger charge is 2.82. The number of rotatable bonds is 2. The Bertz CT molecular complexity index is 898. The summed E-state index contributed by atoms with van der Waals surface area (Å²) in [4.78, 5) is 15.7. The number of hydrogen-bond donors (Lipinski definition) is 1. The Morgan fingerprint density at radius 1 is 1.41 bits per heavy atom. The molecule has 0 aromatic heterocycles. The van der Waals surface area contributed by atoms with E-state index in [9.17, 15) is 4.79 Å². The van der Waals surface area contributed by atoms with Crippen molar-refractivity contribution >= 4 is 11.7 Å². The SMILES string of the molecule is C/C=C1/CN2C3C[C@@H]1[C@@H](C(=O)OC)[C@@]14C[C@@H]2O[C@@]31Nc1ccc(OC)cc14. The summed E-state index contributed by atoms with van der Waals surface area (Å²) in [7, 11) is 3.19. The van der Waals surface area contributed by atoms with E-state index in [1.165, 1.54) is 12.7 Å². The van der Waals surface area contributed by atoms with Crippen LogP contribution in [0.2, 0.25) is 0 Å². The maximum atomic E-state index is 13.2. The molecule has 1 saturated carbocycles. The van der Waals surface area contributed by atoms with Gasteiger partial charge in [-0.15, -0.1) is 0 Å². The number of carbonyl (C=O) groups excluding carboxylic acids is 1. The lowest BCUT2D eigenvalue weighted by Crippen LogP contribution is -2.73. The summed E-state index contributed by atoms with van der Waals surface area (Å²) >= 11 is 0. The topological polar surface area (TPSA) is 60.0 Å². The summed E-state index contributed by atoms with van der Waals surface area (Å²) in [5.41, 5.74) is 2.56. The van der Waals surface area contributed by atoms with E-state index in [2.05, 4.69) is 35.3 Å². The Kier molecular flexibility index (Phi) is 2.87. The van der Waals surface area contributed by atoms with Crippen LogP contribution in [0.15, 0.2) is 29.8 Å². The van der Waals surface area contributed by atoms with E-state index in [4.69, 9.17) is 14.2 Å². The smallest absolute Gasteiger partial charge is 0.310 e. The Labute approximate surface area is 158 Å². The molecule has 142 valence electrons. The molecule has 4 fully saturated rings. The number of benzene rings is 1. The van der Waals surface area contributed by atoms with Crippen LogP contribution in [0.4, 0.5) is 5.69 Å². The molecule has 4 heterocycles. The third-order valence-electron chi connectivity index (χ3n) is 7.83. The van der Waals surface area contributed by atoms with E-state index >= 15 is 0 Å². The van der Waals surface area contributed by atoms with Crippen molar-refractivity contribution in [3.63, 3.8) is 0 Å². The third kappa shape index (κ3) is 1.53. The van der Waals surface area contributed by atoms with Gasteiger partial charge in [0.2, 0.25) is 0 Å². The van der Waals surface area contributed by atoms with Crippen LogP contribution >= 0.6 is 0 Å². The lowest BCUT2D eigenvalue weighted by Gasteiger charge is -2.60. The monoisotopic (exact) mass is 368 g/mol. The molecule has 1 aliphatic carbocycles. The molecule has 1 N–H and O–H groups in total. The molecule has 1 aromatic rings. The van der Waals surface area contributed by atoms with Crippen LogP contribution in [0.3, 0.4) is 0 Å². The first kappa shape index (κ1) is 16.0. The zero-order valence-corrected chi connectivity index (χ0v) is 15.8. The highest BCUT2D eigenvalue weighted by molar-refractivity contribution is 5.81. The molecule has 0 amide bonds. The molecule has 1 spiro atoms. The summed E-state index contributed by atoms with van der Waals surface area (Å²) in [6, 6.07) is 6.39. The molecule has 4 aliphatic heterocycles. The fourth-order valence-electron chi connectivity index (χ4n) is 6.90. The lowest BCUT2D eigenvalue weighted by molar-refractivity contribution is -0.161. The number of fused-ring (bicyclic) bond motifs is 4. The van der Waals surface area contributed by atoms with Crippen LogP contribution in [0, 0.1) is 11.8 Å². The first-order valence-corrected chi connectivity index (χ1v) is 9.73. The van der Waals surface area contributed by atoms with Crippen molar-refractivity contribution in [3.8, 4) is 5.75 Å². The van der Waals surface area contributed by atoms with Crippen molar-refractivity contribution < 1.29 is 19.0 Å². The molecule has 1 aromatic carbocycles. The van der Waals surface area contributed by atoms with E-state index in [0.717, 1.165) is 36.4 Å². The van der Waals surface area contributed by atoms with Crippen LogP contribution in [-0.4, -0.2) is 49.6 Å². The second-order valence-electron chi connectivity index (χ2n) is 8.41. The van der Waals surface area contributed by atoms with Gasteiger partial charge in [0, 0.05) is 18.7 Å². The van der Waals surface area contributed by atoms with E-state index in [-0.39, 0.29) is 30.1 Å². The summed E-state index contributed by atoms with van der Waals surface area (Å²) in [6.45, 7) is 2.96. The van der Waals surface area contributed by atoms with E-state index < -0.39 is 11.1 Å². The lowest BCUT2D eigenvalue weighted by atomic mass is 9.49. The van der Waals surface area contributed by atoms with Crippen molar-refractivity contribution in [2.75, 3.05) is 26.1 Å². The Hall–Kier alpha value is -2.05. The second-order valence-corrected chi connectivity index (χ2v) is 8.41. The summed E-state index contributed by atoms with van der Waals surface area (Å²) in [5, 5.41) is 3.73. The quantitative estimate of drug-likeness (QED) is 0.638. The predicted molar refractivity (Wildman–Crippen MR) is 98.4 cm³/mol. The maximum absolute atomic E-state index is 13.2. The number of anilines is 1. The normalized spacial score (nSPS) is 44.2. The van der Waals surface area contributed by atoms with Gasteiger partial charge in [-0.2, -0.15) is 0 Å². The van der Waals surface area contributed by atoms with E-state index in [1.807, 2.05) is 6.07 Å². The highest BCUT2D eigenvalue weighted by atomic mass is 16.6. The second kappa shape index (κ2) is 4.86. The minimum absolute atomic E-state index is 0.0326. The van der Waals surface area contributed by atoms with Crippen LogP contribution in [0.1, 0.15) is 25.3 Å². The van der Waals surface area contributed by atoms with Gasteiger partial charge >= 0.3 is 5.97 Å². The summed E-state index contributed by atoms with van der Waals surface area (Å²) in [5.74, 6) is 0.628. The van der Waals surface area contributed by atoms with Crippen LogP contribution < -0.4 is 10.1 Å². The highest BCUT2D eigenvalue weighted by Crippen LogP contribution is 2.72. The molecule has 6 heteroatoms. The summed E-state index contributed by atoms with van der Waals surface area (Å²) in [6.07, 6.45) is 3.96. The minimum atomic E-state index is -0.555. The van der Waals surface area contributed by atoms with Crippen molar-refractivity contribution in [1.82, 2.24) is 4.90 Å². The average Bonchev–Trinajstić information content (AvgIpc) is 3.29. The van der Waals surface area contributed by atoms with E-state index in [0.29, 0.717) is 0 Å². The number of nitrogens with one attached hydrogen (secondary N) is 1. The number of ether oxygens (including phenoxy) is 3. The number of carbonyl (C=O) groups is 1. The zero-order chi connectivity index (χ0) is 18.6. The number of methoxy groups -OCH3 is 2. The molecule has 0 radical (unpaired) electrons. The third-order valence-corrected chi connectivity index (χ3v) is 7.83. The van der Waals surface area contributed by atoms with Crippen molar-refractivity contribution in [1.29, 1.82) is 0 Å². The molecule has 3 saturated heterocycles. The number of piperidine rings is 2. The van der Waals surface area contributed by atoms with Gasteiger partial charge in [0.1, 0.15) is 12.0 Å². The van der Waals surface area contributed by atoms with Gasteiger partial charge in [0.25, 0.3) is 0 Å². The fraction of sp³-hybridized carbons (Fsp3) is 0.571. The van der Waals surface area contributed by atoms with Crippen LogP contribution in [-0.2, 0) is 19.7 Å². The predicted octanol–water partition coefficient (Wildman–Crippen LogP) is 2.25. The summed E-state index contributed by atoms with van der Waals surface area (Å²) < 4.78 is 17.6. The van der Waals surface area contributed by atoms with E-state index in [1.54, 1.807) is 7.11 Å². The number of allylic oxidation sites excluding steroid dienone is 1. The van der Waals surface area contributed by atoms with Gasteiger partial charge in [0.05, 0.1) is 31.6 Å². The molecule has 1 unspecified atom stereocenters. The molecular weight excluding hydrogens is 344 g/mol. The zero-order valence-electron chi connectivity index (χ0n) is 15.8.